The Morgan fingerprint density at radius 1 is 1.25 bits per heavy atom. The molecule has 110 valence electrons. The largest absolute Gasteiger partial charge is 0.348 e. The molecule has 0 spiro atoms. The smallest absolute Gasteiger partial charge is 0.252 e. The number of hydrogen-bond acceptors (Lipinski definition) is 3. The summed E-state index contributed by atoms with van der Waals surface area (Å²) < 4.78 is 0. The van der Waals surface area contributed by atoms with Gasteiger partial charge in [0.15, 0.2) is 5.78 Å². The highest BCUT2D eigenvalue weighted by Gasteiger charge is 2.24. The van der Waals surface area contributed by atoms with Crippen molar-refractivity contribution >= 4 is 24.1 Å². The van der Waals surface area contributed by atoms with Crippen LogP contribution in [0.3, 0.4) is 0 Å². The summed E-state index contributed by atoms with van der Waals surface area (Å²) >= 11 is 0. The predicted octanol–water partition coefficient (Wildman–Crippen LogP) is 2.18. The zero-order valence-electron chi connectivity index (χ0n) is 11.8. The first kappa shape index (κ1) is 16.7. The Morgan fingerprint density at radius 3 is 2.50 bits per heavy atom. The van der Waals surface area contributed by atoms with Crippen molar-refractivity contribution < 1.29 is 9.59 Å². The van der Waals surface area contributed by atoms with Crippen LogP contribution in [-0.2, 0) is 0 Å². The molecular formula is C15H21ClN2O2. The third-order valence-electron chi connectivity index (χ3n) is 3.63. The van der Waals surface area contributed by atoms with Gasteiger partial charge in [0.2, 0.25) is 0 Å². The Bertz CT molecular complexity index is 491. The van der Waals surface area contributed by atoms with Crippen molar-refractivity contribution in [2.45, 2.75) is 38.8 Å². The molecule has 0 bridgehead atoms. The van der Waals surface area contributed by atoms with E-state index in [1.807, 2.05) is 0 Å². The molecule has 5 heteroatoms. The van der Waals surface area contributed by atoms with E-state index >= 15 is 0 Å². The lowest BCUT2D eigenvalue weighted by molar-refractivity contribution is 0.0909. The van der Waals surface area contributed by atoms with Crippen molar-refractivity contribution in [3.8, 4) is 0 Å². The number of ketones is 1. The van der Waals surface area contributed by atoms with E-state index in [4.69, 9.17) is 0 Å². The first-order valence-corrected chi connectivity index (χ1v) is 6.74. The van der Waals surface area contributed by atoms with E-state index in [1.54, 1.807) is 24.3 Å². The van der Waals surface area contributed by atoms with Crippen molar-refractivity contribution in [3.05, 3.63) is 35.4 Å². The Morgan fingerprint density at radius 2 is 1.90 bits per heavy atom. The Balaban J connectivity index is 0.00000200. The summed E-state index contributed by atoms with van der Waals surface area (Å²) in [7, 11) is 0. The molecule has 1 aliphatic rings. The summed E-state index contributed by atoms with van der Waals surface area (Å²) in [5.41, 5.74) is 0.948. The van der Waals surface area contributed by atoms with Crippen LogP contribution in [0.15, 0.2) is 24.3 Å². The van der Waals surface area contributed by atoms with Gasteiger partial charge in [0.25, 0.3) is 5.91 Å². The minimum absolute atomic E-state index is 0. The fraction of sp³-hybridized carbons (Fsp3) is 0.467. The van der Waals surface area contributed by atoms with Crippen LogP contribution in [0.4, 0.5) is 0 Å². The first-order valence-electron chi connectivity index (χ1n) is 6.74. The number of benzene rings is 1. The molecule has 2 rings (SSSR count). The number of nitrogens with one attached hydrogen (secondary N) is 2. The lowest BCUT2D eigenvalue weighted by atomic mass is 9.98. The van der Waals surface area contributed by atoms with Gasteiger partial charge in [-0.1, -0.05) is 18.2 Å². The average molecular weight is 297 g/mol. The van der Waals surface area contributed by atoms with Crippen molar-refractivity contribution in [2.24, 2.45) is 0 Å². The highest BCUT2D eigenvalue weighted by atomic mass is 35.5. The lowest BCUT2D eigenvalue weighted by Crippen LogP contribution is -2.52. The molecule has 1 aromatic carbocycles. The number of rotatable bonds is 3. The first-order chi connectivity index (χ1) is 9.09. The van der Waals surface area contributed by atoms with E-state index in [0.29, 0.717) is 11.1 Å². The predicted molar refractivity (Wildman–Crippen MR) is 81.6 cm³/mol. The van der Waals surface area contributed by atoms with Crippen LogP contribution in [0, 0.1) is 0 Å². The normalized spacial score (nSPS) is 21.7. The monoisotopic (exact) mass is 296 g/mol. The number of piperidine rings is 1. The topological polar surface area (TPSA) is 58.2 Å². The van der Waals surface area contributed by atoms with Gasteiger partial charge in [0, 0.05) is 17.6 Å². The minimum atomic E-state index is -0.161. The fourth-order valence-electron chi connectivity index (χ4n) is 2.48. The molecule has 1 aliphatic heterocycles. The quantitative estimate of drug-likeness (QED) is 0.841. The van der Waals surface area contributed by atoms with E-state index in [2.05, 4.69) is 17.6 Å². The van der Waals surface area contributed by atoms with Crippen LogP contribution in [-0.4, -0.2) is 30.3 Å². The van der Waals surface area contributed by atoms with Gasteiger partial charge in [0.05, 0.1) is 5.56 Å². The van der Waals surface area contributed by atoms with E-state index in [0.717, 1.165) is 19.4 Å². The molecule has 1 saturated heterocycles. The molecule has 0 radical (unpaired) electrons. The summed E-state index contributed by atoms with van der Waals surface area (Å²) in [6.07, 6.45) is 2.03. The maximum atomic E-state index is 12.3. The number of hydrogen-bond donors (Lipinski definition) is 2. The zero-order valence-corrected chi connectivity index (χ0v) is 12.6. The number of halogens is 1. The molecule has 2 N–H and O–H groups in total. The molecule has 1 aromatic rings. The SMILES string of the molecule is CC(=O)c1ccccc1C(=O)NC1CCCNC1C.Cl. The third kappa shape index (κ3) is 3.81. The summed E-state index contributed by atoms with van der Waals surface area (Å²) in [6.45, 7) is 4.55. The number of carbonyl (C=O) groups excluding carboxylic acids is 2. The molecule has 4 nitrogen and oxygen atoms in total. The van der Waals surface area contributed by atoms with Crippen molar-refractivity contribution in [1.82, 2.24) is 10.6 Å². The van der Waals surface area contributed by atoms with Gasteiger partial charge < -0.3 is 10.6 Å². The highest BCUT2D eigenvalue weighted by molar-refractivity contribution is 6.07. The second kappa shape index (κ2) is 7.41. The van der Waals surface area contributed by atoms with Gasteiger partial charge in [-0.25, -0.2) is 0 Å². The maximum Gasteiger partial charge on any atom is 0.252 e. The van der Waals surface area contributed by atoms with Gasteiger partial charge in [-0.15, -0.1) is 12.4 Å². The van der Waals surface area contributed by atoms with Crippen molar-refractivity contribution in [1.29, 1.82) is 0 Å². The standard InChI is InChI=1S/C15H20N2O2.ClH/c1-10-14(8-5-9-16-10)17-15(19)13-7-4-3-6-12(13)11(2)18;/h3-4,6-7,10,14,16H,5,8-9H2,1-2H3,(H,17,19);1H. The highest BCUT2D eigenvalue weighted by Crippen LogP contribution is 2.13. The van der Waals surface area contributed by atoms with Crippen LogP contribution in [0.1, 0.15) is 47.4 Å². The Labute approximate surface area is 125 Å². The molecular weight excluding hydrogens is 276 g/mol. The molecule has 1 amide bonds. The van der Waals surface area contributed by atoms with Gasteiger partial charge in [0.1, 0.15) is 0 Å². The molecule has 1 fully saturated rings. The van der Waals surface area contributed by atoms with Crippen LogP contribution in [0.5, 0.6) is 0 Å². The molecule has 2 atom stereocenters. The number of Topliss-reactive ketones (excluding diaryl/α,β-unsaturated/α-hetero) is 1. The maximum absolute atomic E-state index is 12.3. The van der Waals surface area contributed by atoms with Crippen LogP contribution < -0.4 is 10.6 Å². The fourth-order valence-corrected chi connectivity index (χ4v) is 2.48. The average Bonchev–Trinajstić information content (AvgIpc) is 2.41. The Hall–Kier alpha value is -1.39. The zero-order chi connectivity index (χ0) is 13.8. The van der Waals surface area contributed by atoms with Crippen LogP contribution in [0.2, 0.25) is 0 Å². The number of amides is 1. The van der Waals surface area contributed by atoms with Crippen LogP contribution in [0.25, 0.3) is 0 Å². The summed E-state index contributed by atoms with van der Waals surface area (Å²) in [4.78, 5) is 23.8. The van der Waals surface area contributed by atoms with Gasteiger partial charge >= 0.3 is 0 Å². The summed E-state index contributed by atoms with van der Waals surface area (Å²) in [6, 6.07) is 7.35. The Kier molecular flexibility index (Phi) is 6.17. The third-order valence-corrected chi connectivity index (χ3v) is 3.63. The molecule has 0 aromatic heterocycles. The van der Waals surface area contributed by atoms with E-state index in [-0.39, 0.29) is 36.2 Å². The summed E-state index contributed by atoms with van der Waals surface area (Å²) in [5, 5.41) is 6.37. The van der Waals surface area contributed by atoms with Gasteiger partial charge in [-0.3, -0.25) is 9.59 Å². The molecule has 0 aliphatic carbocycles. The minimum Gasteiger partial charge on any atom is -0.348 e. The van der Waals surface area contributed by atoms with E-state index in [1.165, 1.54) is 6.92 Å². The molecule has 20 heavy (non-hydrogen) atoms. The van der Waals surface area contributed by atoms with Crippen molar-refractivity contribution in [3.63, 3.8) is 0 Å². The summed E-state index contributed by atoms with van der Waals surface area (Å²) in [5.74, 6) is -0.244. The molecule has 0 saturated carbocycles. The van der Waals surface area contributed by atoms with Crippen LogP contribution >= 0.6 is 12.4 Å². The number of carbonyl (C=O) groups is 2. The van der Waals surface area contributed by atoms with E-state index in [9.17, 15) is 9.59 Å². The molecule has 1 heterocycles. The van der Waals surface area contributed by atoms with Gasteiger partial charge in [-0.05, 0) is 39.3 Å². The lowest BCUT2D eigenvalue weighted by Gasteiger charge is -2.30. The van der Waals surface area contributed by atoms with Gasteiger partial charge in [-0.2, -0.15) is 0 Å². The second-order valence-corrected chi connectivity index (χ2v) is 5.07. The second-order valence-electron chi connectivity index (χ2n) is 5.07. The molecule has 2 unspecified atom stereocenters. The van der Waals surface area contributed by atoms with Crippen molar-refractivity contribution in [2.75, 3.05) is 6.54 Å². The van der Waals surface area contributed by atoms with E-state index < -0.39 is 0 Å².